The second-order valence-electron chi connectivity index (χ2n) is 7.19. The van der Waals surface area contributed by atoms with Crippen LogP contribution in [0.2, 0.25) is 0 Å². The number of rotatable bonds is 4. The van der Waals surface area contributed by atoms with Crippen LogP contribution in [0.4, 0.5) is 0 Å². The molecule has 0 radical (unpaired) electrons. The molecule has 0 spiro atoms. The number of hydrogen-bond donors (Lipinski definition) is 1. The van der Waals surface area contributed by atoms with Crippen LogP contribution in [0.25, 0.3) is 0 Å². The van der Waals surface area contributed by atoms with E-state index in [1.807, 2.05) is 0 Å². The lowest BCUT2D eigenvalue weighted by Gasteiger charge is -2.33. The first-order valence-electron chi connectivity index (χ1n) is 8.27. The molecule has 1 heteroatoms. The number of hydrogen-bond acceptors (Lipinski definition) is 1. The van der Waals surface area contributed by atoms with Gasteiger partial charge in [-0.05, 0) is 60.5 Å². The van der Waals surface area contributed by atoms with Gasteiger partial charge in [0.2, 0.25) is 0 Å². The largest absolute Gasteiger partial charge is 0.388 e. The summed E-state index contributed by atoms with van der Waals surface area (Å²) in [5, 5.41) is 10.6. The van der Waals surface area contributed by atoms with E-state index < -0.39 is 0 Å². The SMILES string of the molecule is CC(C)c1ccc(C(O)C2CCC(C(C)C)CC2)cc1. The molecule has 2 rings (SSSR count). The van der Waals surface area contributed by atoms with E-state index in [0.717, 1.165) is 17.4 Å². The lowest BCUT2D eigenvalue weighted by Crippen LogP contribution is -2.23. The summed E-state index contributed by atoms with van der Waals surface area (Å²) in [4.78, 5) is 0. The molecule has 1 aromatic rings. The molecule has 0 heterocycles. The summed E-state index contributed by atoms with van der Waals surface area (Å²) in [6.07, 6.45) is 4.64. The highest BCUT2D eigenvalue weighted by Gasteiger charge is 2.28. The van der Waals surface area contributed by atoms with E-state index in [1.54, 1.807) is 0 Å². The third-order valence-electron chi connectivity index (χ3n) is 5.15. The smallest absolute Gasteiger partial charge is 0.0818 e. The highest BCUT2D eigenvalue weighted by atomic mass is 16.3. The van der Waals surface area contributed by atoms with Crippen molar-refractivity contribution in [2.75, 3.05) is 0 Å². The van der Waals surface area contributed by atoms with Crippen molar-refractivity contribution >= 4 is 0 Å². The number of aliphatic hydroxyl groups is 1. The van der Waals surface area contributed by atoms with Crippen molar-refractivity contribution in [3.63, 3.8) is 0 Å². The van der Waals surface area contributed by atoms with Crippen LogP contribution in [0.5, 0.6) is 0 Å². The summed E-state index contributed by atoms with van der Waals surface area (Å²) in [5.74, 6) is 2.66. The fourth-order valence-electron chi connectivity index (χ4n) is 3.48. The monoisotopic (exact) mass is 274 g/mol. The summed E-state index contributed by atoms with van der Waals surface area (Å²) < 4.78 is 0. The summed E-state index contributed by atoms with van der Waals surface area (Å²) in [6.45, 7) is 9.06. The Morgan fingerprint density at radius 2 is 1.25 bits per heavy atom. The zero-order valence-corrected chi connectivity index (χ0v) is 13.5. The minimum absolute atomic E-state index is 0.274. The summed E-state index contributed by atoms with van der Waals surface area (Å²) in [6, 6.07) is 8.58. The lowest BCUT2D eigenvalue weighted by atomic mass is 9.74. The van der Waals surface area contributed by atoms with Crippen LogP contribution in [0.15, 0.2) is 24.3 Å². The van der Waals surface area contributed by atoms with Gasteiger partial charge < -0.3 is 5.11 Å². The van der Waals surface area contributed by atoms with Crippen molar-refractivity contribution in [3.05, 3.63) is 35.4 Å². The molecule has 0 amide bonds. The minimum atomic E-state index is -0.274. The van der Waals surface area contributed by atoms with Crippen molar-refractivity contribution in [3.8, 4) is 0 Å². The van der Waals surface area contributed by atoms with E-state index in [-0.39, 0.29) is 6.10 Å². The maximum Gasteiger partial charge on any atom is 0.0818 e. The summed E-state index contributed by atoms with van der Waals surface area (Å²) in [5.41, 5.74) is 2.45. The van der Waals surface area contributed by atoms with Crippen molar-refractivity contribution in [2.24, 2.45) is 17.8 Å². The summed E-state index contributed by atoms with van der Waals surface area (Å²) in [7, 11) is 0. The molecule has 0 aliphatic heterocycles. The van der Waals surface area contributed by atoms with Gasteiger partial charge in [0.15, 0.2) is 0 Å². The molecule has 0 aromatic heterocycles. The van der Waals surface area contributed by atoms with Crippen molar-refractivity contribution in [2.45, 2.75) is 65.4 Å². The highest BCUT2D eigenvalue weighted by molar-refractivity contribution is 5.26. The van der Waals surface area contributed by atoms with Crippen LogP contribution < -0.4 is 0 Å². The number of aliphatic hydroxyl groups excluding tert-OH is 1. The Labute approximate surface area is 124 Å². The van der Waals surface area contributed by atoms with Crippen molar-refractivity contribution in [1.82, 2.24) is 0 Å². The number of benzene rings is 1. The molecule has 0 saturated heterocycles. The molecular formula is C19H30O. The van der Waals surface area contributed by atoms with Crippen LogP contribution >= 0.6 is 0 Å². The zero-order valence-electron chi connectivity index (χ0n) is 13.5. The van der Waals surface area contributed by atoms with Crippen molar-refractivity contribution in [1.29, 1.82) is 0 Å². The van der Waals surface area contributed by atoms with Gasteiger partial charge in [-0.2, -0.15) is 0 Å². The van der Waals surface area contributed by atoms with Gasteiger partial charge in [0.1, 0.15) is 0 Å². The third kappa shape index (κ3) is 3.63. The average molecular weight is 274 g/mol. The molecular weight excluding hydrogens is 244 g/mol. The Kier molecular flexibility index (Phi) is 5.26. The molecule has 1 nitrogen and oxygen atoms in total. The maximum atomic E-state index is 10.6. The average Bonchev–Trinajstić information content (AvgIpc) is 2.46. The van der Waals surface area contributed by atoms with Gasteiger partial charge in [-0.25, -0.2) is 0 Å². The maximum absolute atomic E-state index is 10.6. The Morgan fingerprint density at radius 1 is 0.800 bits per heavy atom. The zero-order chi connectivity index (χ0) is 14.7. The van der Waals surface area contributed by atoms with Gasteiger partial charge in [0.25, 0.3) is 0 Å². The van der Waals surface area contributed by atoms with Gasteiger partial charge in [-0.15, -0.1) is 0 Å². The van der Waals surface area contributed by atoms with E-state index in [0.29, 0.717) is 11.8 Å². The first kappa shape index (κ1) is 15.6. The van der Waals surface area contributed by atoms with Crippen molar-refractivity contribution < 1.29 is 5.11 Å². The molecule has 1 aliphatic rings. The van der Waals surface area contributed by atoms with Crippen LogP contribution in [0.3, 0.4) is 0 Å². The molecule has 1 saturated carbocycles. The van der Waals surface area contributed by atoms with Crippen LogP contribution in [0, 0.1) is 17.8 Å². The predicted octanol–water partition coefficient (Wildman–Crippen LogP) is 5.31. The van der Waals surface area contributed by atoms with E-state index in [2.05, 4.69) is 52.0 Å². The normalized spacial score (nSPS) is 25.1. The molecule has 112 valence electrons. The first-order valence-corrected chi connectivity index (χ1v) is 8.27. The van der Waals surface area contributed by atoms with E-state index in [1.165, 1.54) is 31.2 Å². The van der Waals surface area contributed by atoms with E-state index >= 15 is 0 Å². The second kappa shape index (κ2) is 6.76. The predicted molar refractivity (Wildman–Crippen MR) is 85.8 cm³/mol. The van der Waals surface area contributed by atoms with Gasteiger partial charge in [-0.3, -0.25) is 0 Å². The molecule has 20 heavy (non-hydrogen) atoms. The highest BCUT2D eigenvalue weighted by Crippen LogP contribution is 2.39. The second-order valence-corrected chi connectivity index (χ2v) is 7.19. The molecule has 1 atom stereocenters. The third-order valence-corrected chi connectivity index (χ3v) is 5.15. The first-order chi connectivity index (χ1) is 9.49. The topological polar surface area (TPSA) is 20.2 Å². The van der Waals surface area contributed by atoms with Crippen LogP contribution in [-0.4, -0.2) is 5.11 Å². The minimum Gasteiger partial charge on any atom is -0.388 e. The molecule has 1 N–H and O–H groups in total. The Bertz CT molecular complexity index is 396. The van der Waals surface area contributed by atoms with Gasteiger partial charge in [-0.1, -0.05) is 52.0 Å². The Morgan fingerprint density at radius 3 is 1.70 bits per heavy atom. The molecule has 1 fully saturated rings. The molecule has 0 bridgehead atoms. The Hall–Kier alpha value is -0.820. The van der Waals surface area contributed by atoms with Crippen LogP contribution in [0.1, 0.15) is 76.5 Å². The van der Waals surface area contributed by atoms with E-state index in [4.69, 9.17) is 0 Å². The van der Waals surface area contributed by atoms with Gasteiger partial charge >= 0.3 is 0 Å². The molecule has 1 aliphatic carbocycles. The lowest BCUT2D eigenvalue weighted by molar-refractivity contribution is 0.0668. The molecule has 1 unspecified atom stereocenters. The standard InChI is InChI=1S/C19H30O/c1-13(2)15-5-9-17(10-6-15)19(20)18-11-7-16(8-12-18)14(3)4/h5-6,9-10,13-14,16,18-20H,7-8,11-12H2,1-4H3. The quantitative estimate of drug-likeness (QED) is 0.789. The fraction of sp³-hybridized carbons (Fsp3) is 0.684. The van der Waals surface area contributed by atoms with Gasteiger partial charge in [0.05, 0.1) is 6.10 Å². The van der Waals surface area contributed by atoms with Gasteiger partial charge in [0, 0.05) is 0 Å². The Balaban J connectivity index is 1.96. The molecule has 1 aromatic carbocycles. The fourth-order valence-corrected chi connectivity index (χ4v) is 3.48. The summed E-state index contributed by atoms with van der Waals surface area (Å²) >= 11 is 0. The van der Waals surface area contributed by atoms with Crippen LogP contribution in [-0.2, 0) is 0 Å². The van der Waals surface area contributed by atoms with E-state index in [9.17, 15) is 5.11 Å².